The molecule has 2 N–H and O–H groups in total. The summed E-state index contributed by atoms with van der Waals surface area (Å²) in [7, 11) is 0. The molecule has 1 rings (SSSR count). The average molecular weight is 201 g/mol. The average Bonchev–Trinajstić information content (AvgIpc) is 2.15. The van der Waals surface area contributed by atoms with Crippen LogP contribution < -0.4 is 5.90 Å². The maximum atomic E-state index is 13.3. The molecule has 0 saturated carbocycles. The minimum Gasteiger partial charge on any atom is -0.304 e. The smallest absolute Gasteiger partial charge is 0.127 e. The van der Waals surface area contributed by atoms with E-state index in [1.807, 2.05) is 12.3 Å². The molecule has 13 heavy (non-hydrogen) atoms. The van der Waals surface area contributed by atoms with Crippen LogP contribution in [0.2, 0.25) is 0 Å². The molecule has 1 aromatic carbocycles. The highest BCUT2D eigenvalue weighted by Crippen LogP contribution is 2.22. The molecule has 72 valence electrons. The molecule has 4 heteroatoms. The summed E-state index contributed by atoms with van der Waals surface area (Å²) >= 11 is 1.52. The van der Waals surface area contributed by atoms with Gasteiger partial charge in [-0.15, -0.1) is 11.8 Å². The standard InChI is InChI=1S/C9H12FNOS/c1-13-9-4-2-3-8(10)7(9)5-6-12-11/h2-4H,5-6,11H2,1H3. The lowest BCUT2D eigenvalue weighted by Crippen LogP contribution is -2.05. The van der Waals surface area contributed by atoms with Gasteiger partial charge >= 0.3 is 0 Å². The Morgan fingerprint density at radius 3 is 2.92 bits per heavy atom. The molecule has 1 aromatic rings. The zero-order valence-corrected chi connectivity index (χ0v) is 8.23. The number of hydrogen-bond acceptors (Lipinski definition) is 3. The molecule has 0 amide bonds. The zero-order valence-electron chi connectivity index (χ0n) is 7.42. The van der Waals surface area contributed by atoms with Gasteiger partial charge < -0.3 is 4.84 Å². The van der Waals surface area contributed by atoms with E-state index in [1.165, 1.54) is 17.8 Å². The monoisotopic (exact) mass is 201 g/mol. The molecule has 0 saturated heterocycles. The molecule has 0 fully saturated rings. The first-order valence-electron chi connectivity index (χ1n) is 3.92. The van der Waals surface area contributed by atoms with Crippen LogP contribution in [0.4, 0.5) is 4.39 Å². The summed E-state index contributed by atoms with van der Waals surface area (Å²) in [5.74, 6) is 4.70. The Balaban J connectivity index is 2.87. The Morgan fingerprint density at radius 2 is 2.31 bits per heavy atom. The van der Waals surface area contributed by atoms with Gasteiger partial charge in [0.2, 0.25) is 0 Å². The molecule has 0 atom stereocenters. The molecule has 2 nitrogen and oxygen atoms in total. The largest absolute Gasteiger partial charge is 0.304 e. The predicted octanol–water partition coefficient (Wildman–Crippen LogP) is 1.98. The van der Waals surface area contributed by atoms with Crippen molar-refractivity contribution in [2.45, 2.75) is 11.3 Å². The van der Waals surface area contributed by atoms with Crippen LogP contribution in [0.3, 0.4) is 0 Å². The summed E-state index contributed by atoms with van der Waals surface area (Å²) in [6.45, 7) is 0.342. The highest BCUT2D eigenvalue weighted by atomic mass is 32.2. The Morgan fingerprint density at radius 1 is 1.54 bits per heavy atom. The predicted molar refractivity (Wildman–Crippen MR) is 52.0 cm³/mol. The van der Waals surface area contributed by atoms with E-state index in [9.17, 15) is 4.39 Å². The number of nitrogens with two attached hydrogens (primary N) is 1. The minimum absolute atomic E-state index is 0.191. The summed E-state index contributed by atoms with van der Waals surface area (Å²) < 4.78 is 13.3. The van der Waals surface area contributed by atoms with E-state index in [0.717, 1.165) is 4.90 Å². The second-order valence-electron chi connectivity index (χ2n) is 2.54. The fourth-order valence-corrected chi connectivity index (χ4v) is 1.79. The van der Waals surface area contributed by atoms with E-state index in [2.05, 4.69) is 4.84 Å². The molecule has 0 unspecified atom stereocenters. The van der Waals surface area contributed by atoms with Crippen LogP contribution in [0.5, 0.6) is 0 Å². The molecule has 0 heterocycles. The SMILES string of the molecule is CSc1cccc(F)c1CCON. The van der Waals surface area contributed by atoms with Gasteiger partial charge in [-0.1, -0.05) is 6.07 Å². The van der Waals surface area contributed by atoms with Crippen molar-refractivity contribution in [2.75, 3.05) is 12.9 Å². The van der Waals surface area contributed by atoms with Crippen LogP contribution in [0.1, 0.15) is 5.56 Å². The maximum Gasteiger partial charge on any atom is 0.127 e. The number of thioether (sulfide) groups is 1. The number of benzene rings is 1. The topological polar surface area (TPSA) is 35.2 Å². The number of halogens is 1. The molecule has 0 aliphatic rings. The van der Waals surface area contributed by atoms with Gasteiger partial charge in [0, 0.05) is 16.9 Å². The van der Waals surface area contributed by atoms with Gasteiger partial charge in [-0.05, 0) is 18.4 Å². The normalized spacial score (nSPS) is 10.4. The van der Waals surface area contributed by atoms with Crippen LogP contribution in [-0.2, 0) is 11.3 Å². The first kappa shape index (κ1) is 10.5. The molecular weight excluding hydrogens is 189 g/mol. The molecule has 0 radical (unpaired) electrons. The quantitative estimate of drug-likeness (QED) is 0.597. The lowest BCUT2D eigenvalue weighted by atomic mass is 10.1. The summed E-state index contributed by atoms with van der Waals surface area (Å²) in [4.78, 5) is 5.37. The Kier molecular flexibility index (Phi) is 4.21. The molecule has 0 spiro atoms. The van der Waals surface area contributed by atoms with Gasteiger partial charge in [-0.25, -0.2) is 10.3 Å². The lowest BCUT2D eigenvalue weighted by Gasteiger charge is -2.07. The number of hydrogen-bond donors (Lipinski definition) is 1. The molecule has 0 aromatic heterocycles. The van der Waals surface area contributed by atoms with Crippen molar-refractivity contribution in [2.24, 2.45) is 5.90 Å². The van der Waals surface area contributed by atoms with Crippen molar-refractivity contribution >= 4 is 11.8 Å². The summed E-state index contributed by atoms with van der Waals surface area (Å²) in [6, 6.07) is 5.04. The summed E-state index contributed by atoms with van der Waals surface area (Å²) in [5, 5.41) is 0. The van der Waals surface area contributed by atoms with E-state index >= 15 is 0 Å². The van der Waals surface area contributed by atoms with Crippen molar-refractivity contribution < 1.29 is 9.23 Å². The number of rotatable bonds is 4. The van der Waals surface area contributed by atoms with E-state index in [-0.39, 0.29) is 5.82 Å². The van der Waals surface area contributed by atoms with Gasteiger partial charge in [-0.2, -0.15) is 0 Å². The molecule has 0 aliphatic carbocycles. The van der Waals surface area contributed by atoms with Crippen LogP contribution in [0.15, 0.2) is 23.1 Å². The minimum atomic E-state index is -0.191. The van der Waals surface area contributed by atoms with Gasteiger partial charge in [0.1, 0.15) is 5.82 Å². The summed E-state index contributed by atoms with van der Waals surface area (Å²) in [5.41, 5.74) is 0.681. The zero-order chi connectivity index (χ0) is 9.68. The van der Waals surface area contributed by atoms with Crippen molar-refractivity contribution in [3.8, 4) is 0 Å². The Hall–Kier alpha value is -0.580. The van der Waals surface area contributed by atoms with E-state index < -0.39 is 0 Å². The van der Waals surface area contributed by atoms with E-state index in [4.69, 9.17) is 5.90 Å². The van der Waals surface area contributed by atoms with Crippen LogP contribution in [-0.4, -0.2) is 12.9 Å². The summed E-state index contributed by atoms with van der Waals surface area (Å²) in [6.07, 6.45) is 2.43. The fourth-order valence-electron chi connectivity index (χ4n) is 1.13. The first-order chi connectivity index (χ1) is 6.29. The Labute approximate surface area is 81.2 Å². The Bertz CT molecular complexity index is 280. The maximum absolute atomic E-state index is 13.3. The van der Waals surface area contributed by atoms with Crippen molar-refractivity contribution in [1.29, 1.82) is 0 Å². The second kappa shape index (κ2) is 5.21. The third kappa shape index (κ3) is 2.69. The molecular formula is C9H12FNOS. The van der Waals surface area contributed by atoms with Gasteiger partial charge in [-0.3, -0.25) is 0 Å². The molecule has 0 bridgehead atoms. The van der Waals surface area contributed by atoms with E-state index in [0.29, 0.717) is 18.6 Å². The van der Waals surface area contributed by atoms with Crippen LogP contribution >= 0.6 is 11.8 Å². The highest BCUT2D eigenvalue weighted by molar-refractivity contribution is 7.98. The second-order valence-corrected chi connectivity index (χ2v) is 3.39. The molecule has 0 aliphatic heterocycles. The third-order valence-electron chi connectivity index (χ3n) is 1.77. The fraction of sp³-hybridized carbons (Fsp3) is 0.333. The highest BCUT2D eigenvalue weighted by Gasteiger charge is 2.06. The van der Waals surface area contributed by atoms with Crippen molar-refractivity contribution in [3.05, 3.63) is 29.6 Å². The van der Waals surface area contributed by atoms with Gasteiger partial charge in [0.15, 0.2) is 0 Å². The lowest BCUT2D eigenvalue weighted by molar-refractivity contribution is 0.140. The van der Waals surface area contributed by atoms with Crippen LogP contribution in [0.25, 0.3) is 0 Å². The first-order valence-corrected chi connectivity index (χ1v) is 5.15. The van der Waals surface area contributed by atoms with E-state index in [1.54, 1.807) is 6.07 Å². The van der Waals surface area contributed by atoms with Crippen molar-refractivity contribution in [3.63, 3.8) is 0 Å². The third-order valence-corrected chi connectivity index (χ3v) is 2.59. The van der Waals surface area contributed by atoms with Gasteiger partial charge in [0.25, 0.3) is 0 Å². The van der Waals surface area contributed by atoms with Crippen molar-refractivity contribution in [1.82, 2.24) is 0 Å². The van der Waals surface area contributed by atoms with Gasteiger partial charge in [0.05, 0.1) is 6.61 Å². The van der Waals surface area contributed by atoms with Crippen LogP contribution in [0, 0.1) is 5.82 Å².